The van der Waals surface area contributed by atoms with Gasteiger partial charge in [-0.3, -0.25) is 4.79 Å². The number of hydrogen-bond acceptors (Lipinski definition) is 2. The van der Waals surface area contributed by atoms with Crippen molar-refractivity contribution in [1.82, 2.24) is 0 Å². The van der Waals surface area contributed by atoms with Gasteiger partial charge in [0.1, 0.15) is 5.75 Å². The van der Waals surface area contributed by atoms with Crippen LogP contribution >= 0.6 is 11.6 Å². The molecule has 0 heterocycles. The van der Waals surface area contributed by atoms with Gasteiger partial charge in [0.05, 0.1) is 6.10 Å². The zero-order chi connectivity index (χ0) is 13.5. The van der Waals surface area contributed by atoms with E-state index in [4.69, 9.17) is 16.3 Å². The van der Waals surface area contributed by atoms with Gasteiger partial charge in [0.2, 0.25) is 5.91 Å². The van der Waals surface area contributed by atoms with Crippen LogP contribution in [0.5, 0.6) is 5.75 Å². The minimum atomic E-state index is -0.203. The first-order chi connectivity index (χ1) is 8.56. The zero-order valence-corrected chi connectivity index (χ0v) is 11.8. The molecule has 0 saturated heterocycles. The number of anilines is 1. The molecule has 2 atom stereocenters. The maximum Gasteiger partial charge on any atom is 0.228 e. The molecule has 0 aliphatic carbocycles. The van der Waals surface area contributed by atoms with Gasteiger partial charge in [-0.25, -0.2) is 0 Å². The molecule has 18 heavy (non-hydrogen) atoms. The summed E-state index contributed by atoms with van der Waals surface area (Å²) in [5.74, 6) is 0.798. The number of halogens is 1. The number of carbonyl (C=O) groups excluding carboxylic acids is 1. The monoisotopic (exact) mass is 269 g/mol. The number of hydrogen-bond donors (Lipinski definition) is 1. The number of amides is 1. The Morgan fingerprint density at radius 1 is 1.44 bits per heavy atom. The van der Waals surface area contributed by atoms with E-state index in [0.29, 0.717) is 5.88 Å². The lowest BCUT2D eigenvalue weighted by Gasteiger charge is -2.14. The van der Waals surface area contributed by atoms with Crippen molar-refractivity contribution in [2.45, 2.75) is 33.3 Å². The van der Waals surface area contributed by atoms with Crippen molar-refractivity contribution in [2.75, 3.05) is 11.2 Å². The number of rotatable bonds is 6. The van der Waals surface area contributed by atoms with Crippen LogP contribution in [-0.2, 0) is 4.79 Å². The molecule has 1 rings (SSSR count). The molecule has 4 heteroatoms. The van der Waals surface area contributed by atoms with E-state index in [-0.39, 0.29) is 17.9 Å². The number of nitrogens with one attached hydrogen (secondary N) is 1. The third-order valence-corrected chi connectivity index (χ3v) is 3.16. The van der Waals surface area contributed by atoms with Crippen molar-refractivity contribution in [3.8, 4) is 5.75 Å². The number of alkyl halides is 1. The SMILES string of the molecule is CCC(C)Oc1cccc(NC(=O)C(C)CCl)c1. The van der Waals surface area contributed by atoms with E-state index in [0.717, 1.165) is 17.9 Å². The lowest BCUT2D eigenvalue weighted by atomic mass is 10.2. The van der Waals surface area contributed by atoms with E-state index >= 15 is 0 Å². The largest absolute Gasteiger partial charge is 0.491 e. The molecule has 1 N–H and O–H groups in total. The molecule has 0 radical (unpaired) electrons. The second kappa shape index (κ2) is 7.27. The Hall–Kier alpha value is -1.22. The summed E-state index contributed by atoms with van der Waals surface area (Å²) in [6.07, 6.45) is 1.11. The van der Waals surface area contributed by atoms with Crippen molar-refractivity contribution in [3.05, 3.63) is 24.3 Å². The van der Waals surface area contributed by atoms with Gasteiger partial charge < -0.3 is 10.1 Å². The summed E-state index contributed by atoms with van der Waals surface area (Å²) >= 11 is 5.65. The maximum absolute atomic E-state index is 11.7. The predicted octanol–water partition coefficient (Wildman–Crippen LogP) is 3.68. The molecule has 0 saturated carbocycles. The summed E-state index contributed by atoms with van der Waals surface area (Å²) in [5.41, 5.74) is 0.734. The Bertz CT molecular complexity index is 395. The second-order valence-electron chi connectivity index (χ2n) is 4.41. The summed E-state index contributed by atoms with van der Waals surface area (Å²) in [6, 6.07) is 7.40. The van der Waals surface area contributed by atoms with Gasteiger partial charge in [-0.05, 0) is 25.5 Å². The highest BCUT2D eigenvalue weighted by Crippen LogP contribution is 2.19. The Balaban J connectivity index is 2.67. The van der Waals surface area contributed by atoms with Crippen LogP contribution in [0.4, 0.5) is 5.69 Å². The lowest BCUT2D eigenvalue weighted by molar-refractivity contribution is -0.118. The van der Waals surface area contributed by atoms with Crippen LogP contribution < -0.4 is 10.1 Å². The highest BCUT2D eigenvalue weighted by Gasteiger charge is 2.11. The first-order valence-electron chi connectivity index (χ1n) is 6.20. The molecular formula is C14H20ClNO2. The van der Waals surface area contributed by atoms with Gasteiger partial charge in [0.25, 0.3) is 0 Å². The molecule has 0 aromatic heterocycles. The molecule has 0 aliphatic rings. The van der Waals surface area contributed by atoms with E-state index in [1.54, 1.807) is 6.92 Å². The topological polar surface area (TPSA) is 38.3 Å². The van der Waals surface area contributed by atoms with E-state index in [2.05, 4.69) is 12.2 Å². The maximum atomic E-state index is 11.7. The minimum Gasteiger partial charge on any atom is -0.491 e. The Morgan fingerprint density at radius 2 is 2.17 bits per heavy atom. The van der Waals surface area contributed by atoms with E-state index in [1.807, 2.05) is 31.2 Å². The van der Waals surface area contributed by atoms with Gasteiger partial charge >= 0.3 is 0 Å². The summed E-state index contributed by atoms with van der Waals surface area (Å²) in [4.78, 5) is 11.7. The van der Waals surface area contributed by atoms with Gasteiger partial charge in [-0.1, -0.05) is 19.9 Å². The van der Waals surface area contributed by atoms with Crippen LogP contribution in [0, 0.1) is 5.92 Å². The van der Waals surface area contributed by atoms with Crippen LogP contribution in [0.3, 0.4) is 0 Å². The van der Waals surface area contributed by atoms with Crippen LogP contribution in [0.15, 0.2) is 24.3 Å². The van der Waals surface area contributed by atoms with E-state index in [9.17, 15) is 4.79 Å². The van der Waals surface area contributed by atoms with Crippen molar-refractivity contribution < 1.29 is 9.53 Å². The molecule has 3 nitrogen and oxygen atoms in total. The van der Waals surface area contributed by atoms with Crippen LogP contribution in [0.1, 0.15) is 27.2 Å². The third-order valence-electron chi connectivity index (χ3n) is 2.69. The lowest BCUT2D eigenvalue weighted by Crippen LogP contribution is -2.21. The Morgan fingerprint density at radius 3 is 2.78 bits per heavy atom. The summed E-state index contributed by atoms with van der Waals surface area (Å²) in [5, 5.41) is 2.82. The first kappa shape index (κ1) is 14.8. The van der Waals surface area contributed by atoms with E-state index < -0.39 is 0 Å². The summed E-state index contributed by atoms with van der Waals surface area (Å²) in [7, 11) is 0. The van der Waals surface area contributed by atoms with Crippen LogP contribution in [-0.4, -0.2) is 17.9 Å². The Kier molecular flexibility index (Phi) is 5.99. The second-order valence-corrected chi connectivity index (χ2v) is 4.72. The molecule has 0 aliphatic heterocycles. The normalized spacial score (nSPS) is 13.8. The molecular weight excluding hydrogens is 250 g/mol. The average Bonchev–Trinajstić information content (AvgIpc) is 2.37. The zero-order valence-electron chi connectivity index (χ0n) is 11.1. The fraction of sp³-hybridized carbons (Fsp3) is 0.500. The highest BCUT2D eigenvalue weighted by atomic mass is 35.5. The van der Waals surface area contributed by atoms with Crippen LogP contribution in [0.25, 0.3) is 0 Å². The van der Waals surface area contributed by atoms with Crippen molar-refractivity contribution in [3.63, 3.8) is 0 Å². The van der Waals surface area contributed by atoms with Crippen molar-refractivity contribution >= 4 is 23.2 Å². The number of benzene rings is 1. The average molecular weight is 270 g/mol. The standard InChI is InChI=1S/C14H20ClNO2/c1-4-11(3)18-13-7-5-6-12(8-13)16-14(17)10(2)9-15/h5-8,10-11H,4,9H2,1-3H3,(H,16,17). The molecule has 0 bridgehead atoms. The fourth-order valence-electron chi connectivity index (χ4n) is 1.30. The minimum absolute atomic E-state index is 0.0781. The molecule has 0 fully saturated rings. The molecule has 0 spiro atoms. The van der Waals surface area contributed by atoms with Crippen molar-refractivity contribution in [1.29, 1.82) is 0 Å². The number of ether oxygens (including phenoxy) is 1. The fourth-order valence-corrected chi connectivity index (χ4v) is 1.44. The first-order valence-corrected chi connectivity index (χ1v) is 6.73. The molecule has 100 valence electrons. The smallest absolute Gasteiger partial charge is 0.228 e. The predicted molar refractivity (Wildman–Crippen MR) is 75.3 cm³/mol. The molecule has 1 aromatic carbocycles. The van der Waals surface area contributed by atoms with Gasteiger partial charge in [0.15, 0.2) is 0 Å². The molecule has 1 aromatic rings. The number of carbonyl (C=O) groups is 1. The Labute approximate surface area is 113 Å². The molecule has 2 unspecified atom stereocenters. The summed E-state index contributed by atoms with van der Waals surface area (Å²) < 4.78 is 5.70. The third kappa shape index (κ3) is 4.57. The van der Waals surface area contributed by atoms with Crippen LogP contribution in [0.2, 0.25) is 0 Å². The molecule has 1 amide bonds. The quantitative estimate of drug-likeness (QED) is 0.800. The van der Waals surface area contributed by atoms with E-state index in [1.165, 1.54) is 0 Å². The summed E-state index contributed by atoms with van der Waals surface area (Å²) in [6.45, 7) is 5.88. The highest BCUT2D eigenvalue weighted by molar-refractivity contribution is 6.19. The van der Waals surface area contributed by atoms with Gasteiger partial charge in [-0.2, -0.15) is 0 Å². The van der Waals surface area contributed by atoms with Gasteiger partial charge in [-0.15, -0.1) is 11.6 Å². The van der Waals surface area contributed by atoms with Gasteiger partial charge in [0, 0.05) is 23.6 Å². The van der Waals surface area contributed by atoms with Crippen molar-refractivity contribution in [2.24, 2.45) is 5.92 Å².